The van der Waals surface area contributed by atoms with E-state index in [2.05, 4.69) is 116 Å². The molecule has 7 aliphatic rings. The number of primary amides is 1. The predicted octanol–water partition coefficient (Wildman–Crippen LogP) is 6.78. The number of nitrogens with zero attached hydrogens (tertiary/aromatic N) is 11. The molecule has 5 aliphatic heterocycles. The van der Waals surface area contributed by atoms with Crippen molar-refractivity contribution in [1.82, 2.24) is 60.3 Å². The van der Waals surface area contributed by atoms with Crippen molar-refractivity contribution in [2.24, 2.45) is 11.1 Å². The van der Waals surface area contributed by atoms with Gasteiger partial charge in [0, 0.05) is 138 Å². The molecule has 23 heteroatoms. The van der Waals surface area contributed by atoms with Gasteiger partial charge in [-0.2, -0.15) is 10.2 Å². The molecule has 7 fully saturated rings. The number of anilines is 8. The van der Waals surface area contributed by atoms with Crippen LogP contribution in [0.3, 0.4) is 0 Å². The highest BCUT2D eigenvalue weighted by atomic mass is 16.5. The molecule has 13 rings (SSSR count). The van der Waals surface area contributed by atoms with Crippen molar-refractivity contribution in [3.8, 4) is 22.8 Å². The monoisotopic (exact) mass is 1140 g/mol. The van der Waals surface area contributed by atoms with Crippen molar-refractivity contribution < 1.29 is 19.1 Å². The van der Waals surface area contributed by atoms with Gasteiger partial charge in [0.15, 0.2) is 34.7 Å². The minimum Gasteiger partial charge on any atom is -0.381 e. The number of carbonyl (C=O) groups is 2. The second kappa shape index (κ2) is 23.5. The van der Waals surface area contributed by atoms with Crippen LogP contribution in [0.15, 0.2) is 54.6 Å². The largest absolute Gasteiger partial charge is 0.381 e. The van der Waals surface area contributed by atoms with E-state index in [0.717, 1.165) is 177 Å². The van der Waals surface area contributed by atoms with E-state index in [4.69, 9.17) is 35.1 Å². The number of piperazine rings is 2. The van der Waals surface area contributed by atoms with E-state index in [1.165, 1.54) is 5.69 Å². The van der Waals surface area contributed by atoms with Gasteiger partial charge in [-0.25, -0.2) is 19.9 Å². The number of amides is 2. The van der Waals surface area contributed by atoms with E-state index < -0.39 is 5.91 Å². The lowest BCUT2D eigenvalue weighted by atomic mass is 9.61. The summed E-state index contributed by atoms with van der Waals surface area (Å²) in [6, 6.07) is 19.3. The van der Waals surface area contributed by atoms with Crippen LogP contribution in [0, 0.1) is 26.2 Å². The second-order valence-corrected chi connectivity index (χ2v) is 24.8. The highest BCUT2D eigenvalue weighted by Gasteiger charge is 2.48. The van der Waals surface area contributed by atoms with Gasteiger partial charge >= 0.3 is 0 Å². The molecule has 2 aliphatic carbocycles. The van der Waals surface area contributed by atoms with Gasteiger partial charge in [-0.15, -0.1) is 0 Å². The van der Waals surface area contributed by atoms with Crippen LogP contribution in [0.25, 0.3) is 22.8 Å². The molecule has 1 atom stereocenters. The minimum absolute atomic E-state index is 0.0198. The quantitative estimate of drug-likeness (QED) is 0.0468. The number of hydrogen-bond donors (Lipinski definition) is 8. The molecule has 0 bridgehead atoms. The number of benzene rings is 2. The molecular formula is C61H81N19O4. The minimum atomic E-state index is -0.700. The molecule has 444 valence electrons. The average molecular weight is 1140 g/mol. The Morgan fingerprint density at radius 1 is 0.643 bits per heavy atom. The normalized spacial score (nSPS) is 21.3. The Morgan fingerprint density at radius 2 is 1.26 bits per heavy atom. The summed E-state index contributed by atoms with van der Waals surface area (Å²) in [5.41, 5.74) is 15.3. The summed E-state index contributed by atoms with van der Waals surface area (Å²) in [7, 11) is 2.22. The molecule has 4 aromatic heterocycles. The van der Waals surface area contributed by atoms with Gasteiger partial charge in [0.2, 0.25) is 0 Å². The predicted molar refractivity (Wildman–Crippen MR) is 326 cm³/mol. The van der Waals surface area contributed by atoms with Gasteiger partial charge in [-0.3, -0.25) is 29.6 Å². The maximum atomic E-state index is 14.7. The van der Waals surface area contributed by atoms with Crippen LogP contribution in [0.5, 0.6) is 0 Å². The maximum Gasteiger partial charge on any atom is 0.274 e. The first-order valence-corrected chi connectivity index (χ1v) is 30.4. The number of likely N-dealkylation sites (N-methyl/N-ethyl adjacent to an activating group) is 1. The molecule has 1 unspecified atom stereocenters. The van der Waals surface area contributed by atoms with E-state index in [0.29, 0.717) is 59.5 Å². The number of hydrogen-bond acceptors (Lipinski definition) is 19. The molecular weight excluding hydrogens is 1060 g/mol. The van der Waals surface area contributed by atoms with Crippen LogP contribution in [0.1, 0.15) is 102 Å². The van der Waals surface area contributed by atoms with E-state index in [9.17, 15) is 9.59 Å². The molecule has 5 saturated heterocycles. The Hall–Kier alpha value is -7.44. The molecule has 2 aromatic carbocycles. The fourth-order valence-corrected chi connectivity index (χ4v) is 13.5. The number of piperidine rings is 1. The highest BCUT2D eigenvalue weighted by Crippen LogP contribution is 2.50. The Morgan fingerprint density at radius 3 is 1.88 bits per heavy atom. The summed E-state index contributed by atoms with van der Waals surface area (Å²) in [4.78, 5) is 60.0. The van der Waals surface area contributed by atoms with Crippen LogP contribution in [-0.2, 0) is 9.47 Å². The SMILES string of the molecule is Cc1cc(-c2nc(C(N)=O)c(Nc3ccc(N4CCN(CNC(=O)c5nc(-c6cc(C)[nH]n6)c(NC6CC7(CCOCC7)C6)nc5Nc5ccc(N6CCC(N7CCN(C)CC7)CC6)c(C)c5)CC4)cc3)nc2NC2CCOC3(CC3)C2)n[nH]1. The zero-order chi connectivity index (χ0) is 57.5. The third kappa shape index (κ3) is 12.2. The molecule has 23 nitrogen and oxygen atoms in total. The summed E-state index contributed by atoms with van der Waals surface area (Å²) in [6.45, 7) is 18.2. The molecule has 2 amide bonds. The van der Waals surface area contributed by atoms with E-state index in [-0.39, 0.29) is 46.2 Å². The maximum absolute atomic E-state index is 14.7. The third-order valence-corrected chi connectivity index (χ3v) is 18.7. The number of carbonyl (C=O) groups excluding carboxylic acids is 2. The standard InChI is InChI=1S/C61H81N19O4/c1-38-31-42(7-10-49(38)80-18-11-46(12-19-80)78-24-20-76(4)21-25-78)65-58-53(69-51(48-33-40(3)73-75-48)56(71-58)67-44-34-60(35-44)16-29-83-30-17-60)59(82)63-37-77-22-26-79(27-23-77)45-8-5-41(6-9-45)64-57-52(54(62)81)68-50(47-32-39(2)72-74-47)55(70-57)66-43-13-28-84-61(36-43)14-15-61/h5-10,31-33,43-44,46H,11-30,34-37H2,1-4H3,(H2,62,81)(H,63,82)(H,72,74)(H,73,75)(H2,64,66,70)(H2,65,67,71). The third-order valence-electron chi connectivity index (χ3n) is 18.7. The lowest BCUT2D eigenvalue weighted by Crippen LogP contribution is -2.52. The number of nitrogens with two attached hydrogens (primary N) is 1. The molecule has 2 saturated carbocycles. The van der Waals surface area contributed by atoms with Crippen molar-refractivity contribution in [3.05, 3.63) is 82.9 Å². The fourth-order valence-electron chi connectivity index (χ4n) is 13.5. The Balaban J connectivity index is 0.684. The number of aromatic amines is 2. The molecule has 6 aromatic rings. The zero-order valence-corrected chi connectivity index (χ0v) is 49.0. The molecule has 9 heterocycles. The summed E-state index contributed by atoms with van der Waals surface area (Å²) in [6.07, 6.45) is 10.3. The topological polar surface area (TPSA) is 264 Å². The first-order valence-electron chi connectivity index (χ1n) is 30.4. The lowest BCUT2D eigenvalue weighted by molar-refractivity contribution is -0.0342. The van der Waals surface area contributed by atoms with Crippen molar-refractivity contribution in [3.63, 3.8) is 0 Å². The van der Waals surface area contributed by atoms with Gasteiger partial charge in [-0.05, 0) is 158 Å². The Labute approximate surface area is 491 Å². The number of rotatable bonds is 17. The zero-order valence-electron chi connectivity index (χ0n) is 49.0. The van der Waals surface area contributed by atoms with Crippen molar-refractivity contribution >= 4 is 57.8 Å². The second-order valence-electron chi connectivity index (χ2n) is 24.8. The lowest BCUT2D eigenvalue weighted by Gasteiger charge is -2.50. The highest BCUT2D eigenvalue weighted by molar-refractivity contribution is 5.99. The molecule has 84 heavy (non-hydrogen) atoms. The Bertz CT molecular complexity index is 3320. The van der Waals surface area contributed by atoms with Crippen molar-refractivity contribution in [2.75, 3.05) is 130 Å². The summed E-state index contributed by atoms with van der Waals surface area (Å²) >= 11 is 0. The average Bonchev–Trinajstić information content (AvgIpc) is 3.91. The first kappa shape index (κ1) is 55.7. The number of aryl methyl sites for hydroxylation is 3. The van der Waals surface area contributed by atoms with E-state index in [1.807, 2.05) is 38.1 Å². The molecule has 0 radical (unpaired) electrons. The number of ether oxygens (including phenoxy) is 2. The Kier molecular flexibility index (Phi) is 15.6. The molecule has 2 spiro atoms. The van der Waals surface area contributed by atoms with Gasteiger partial charge in [0.05, 0.1) is 12.3 Å². The van der Waals surface area contributed by atoms with Crippen LogP contribution in [0.2, 0.25) is 0 Å². The fraction of sp³-hybridized carbons (Fsp3) is 0.541. The first-order chi connectivity index (χ1) is 40.8. The van der Waals surface area contributed by atoms with Crippen LogP contribution in [-0.4, -0.2) is 190 Å². The van der Waals surface area contributed by atoms with Crippen LogP contribution >= 0.6 is 0 Å². The van der Waals surface area contributed by atoms with Crippen LogP contribution < -0.4 is 42.1 Å². The summed E-state index contributed by atoms with van der Waals surface area (Å²) in [5.74, 6) is 0.738. The van der Waals surface area contributed by atoms with Gasteiger partial charge < -0.3 is 56.5 Å². The summed E-state index contributed by atoms with van der Waals surface area (Å²) < 4.78 is 11.8. The van der Waals surface area contributed by atoms with E-state index in [1.54, 1.807) is 0 Å². The van der Waals surface area contributed by atoms with Gasteiger partial charge in [0.1, 0.15) is 22.8 Å². The van der Waals surface area contributed by atoms with Crippen molar-refractivity contribution in [2.45, 2.75) is 109 Å². The number of aromatic nitrogens is 8. The van der Waals surface area contributed by atoms with Gasteiger partial charge in [0.25, 0.3) is 11.8 Å². The van der Waals surface area contributed by atoms with Gasteiger partial charge in [-0.1, -0.05) is 0 Å². The van der Waals surface area contributed by atoms with E-state index >= 15 is 0 Å². The van der Waals surface area contributed by atoms with Crippen LogP contribution in [0.4, 0.5) is 46.0 Å². The van der Waals surface area contributed by atoms with Crippen molar-refractivity contribution in [1.29, 1.82) is 0 Å². The molecule has 9 N–H and O–H groups in total. The smallest absolute Gasteiger partial charge is 0.274 e. The number of nitrogens with one attached hydrogen (secondary N) is 7. The summed E-state index contributed by atoms with van der Waals surface area (Å²) in [5, 5.41) is 32.7. The number of H-pyrrole nitrogens is 2.